The van der Waals surface area contributed by atoms with Crippen molar-refractivity contribution in [3.8, 4) is 5.69 Å². The molecule has 2 N–H and O–H groups in total. The Balaban J connectivity index is 1.05. The molecule has 2 aliphatic rings. The van der Waals surface area contributed by atoms with Gasteiger partial charge < -0.3 is 24.6 Å². The van der Waals surface area contributed by atoms with Gasteiger partial charge in [0.15, 0.2) is 5.65 Å². The molecule has 2 atom stereocenters. The van der Waals surface area contributed by atoms with Crippen molar-refractivity contribution in [1.29, 1.82) is 0 Å². The zero-order chi connectivity index (χ0) is 35.0. The monoisotopic (exact) mass is 673 g/mol. The lowest BCUT2D eigenvalue weighted by atomic mass is 9.79. The third-order valence-corrected chi connectivity index (χ3v) is 10.4. The van der Waals surface area contributed by atoms with Crippen molar-refractivity contribution >= 4 is 28.8 Å². The maximum atomic E-state index is 14.2. The molecule has 0 bridgehead atoms. The number of hydrogen-bond donors (Lipinski definition) is 2. The second kappa shape index (κ2) is 13.4. The molecule has 2 saturated heterocycles. The molecule has 2 amide bonds. The van der Waals surface area contributed by atoms with Crippen molar-refractivity contribution < 1.29 is 24.6 Å². The Morgan fingerprint density at radius 1 is 0.860 bits per heavy atom. The summed E-state index contributed by atoms with van der Waals surface area (Å²) in [6.45, 7) is 3.07. The van der Waals surface area contributed by atoms with Crippen molar-refractivity contribution in [3.63, 3.8) is 0 Å². The average Bonchev–Trinajstić information content (AvgIpc) is 3.58. The zero-order valence-corrected chi connectivity index (χ0v) is 27.8. The summed E-state index contributed by atoms with van der Waals surface area (Å²) in [5, 5.41) is 21.7. The first-order valence-corrected chi connectivity index (χ1v) is 16.9. The van der Waals surface area contributed by atoms with E-state index in [1.165, 1.54) is 17.0 Å². The van der Waals surface area contributed by atoms with E-state index in [9.17, 15) is 29.4 Å². The molecule has 50 heavy (non-hydrogen) atoms. The van der Waals surface area contributed by atoms with Crippen LogP contribution < -0.4 is 5.56 Å². The molecule has 4 heterocycles. The van der Waals surface area contributed by atoms with Crippen LogP contribution in [0, 0.1) is 12.8 Å². The molecule has 7 rings (SSSR count). The Labute approximate surface area is 289 Å². The first-order valence-electron chi connectivity index (χ1n) is 16.9. The molecule has 3 aromatic carbocycles. The topological polar surface area (TPSA) is 138 Å². The molecular weight excluding hydrogens is 634 g/mol. The molecular formula is C39H39N5O6. The van der Waals surface area contributed by atoms with Gasteiger partial charge in [-0.05, 0) is 67.6 Å². The van der Waals surface area contributed by atoms with Gasteiger partial charge in [-0.3, -0.25) is 19.0 Å². The summed E-state index contributed by atoms with van der Waals surface area (Å²) in [4.78, 5) is 61.1. The number of benzene rings is 3. The van der Waals surface area contributed by atoms with Gasteiger partial charge in [0.25, 0.3) is 11.5 Å². The number of amides is 2. The Hall–Kier alpha value is -5.55. The minimum absolute atomic E-state index is 0.0143. The number of para-hydroxylation sites is 1. The predicted molar refractivity (Wildman–Crippen MR) is 187 cm³/mol. The predicted octanol–water partition coefficient (Wildman–Crippen LogP) is 4.49. The lowest BCUT2D eigenvalue weighted by Gasteiger charge is -2.43. The highest BCUT2D eigenvalue weighted by Gasteiger charge is 2.42. The highest BCUT2D eigenvalue weighted by molar-refractivity contribution is 6.00. The van der Waals surface area contributed by atoms with E-state index < -0.39 is 11.6 Å². The van der Waals surface area contributed by atoms with Crippen LogP contribution in [-0.2, 0) is 11.3 Å². The Morgan fingerprint density at radius 2 is 1.54 bits per heavy atom. The van der Waals surface area contributed by atoms with E-state index in [0.29, 0.717) is 67.6 Å². The molecule has 2 fully saturated rings. The van der Waals surface area contributed by atoms with Crippen LogP contribution in [0.2, 0.25) is 0 Å². The average molecular weight is 674 g/mol. The molecule has 5 aromatic rings. The number of likely N-dealkylation sites (tertiary alicyclic amines) is 2. The van der Waals surface area contributed by atoms with Crippen LogP contribution in [0.25, 0.3) is 16.7 Å². The van der Waals surface area contributed by atoms with Gasteiger partial charge in [-0.1, -0.05) is 54.6 Å². The van der Waals surface area contributed by atoms with E-state index in [1.807, 2.05) is 71.4 Å². The summed E-state index contributed by atoms with van der Waals surface area (Å²) in [5.74, 6) is -1.98. The first-order chi connectivity index (χ1) is 24.1. The van der Waals surface area contributed by atoms with Gasteiger partial charge in [0.2, 0.25) is 5.91 Å². The van der Waals surface area contributed by atoms with Crippen LogP contribution in [0.15, 0.2) is 102 Å². The molecule has 256 valence electrons. The minimum Gasteiger partial charge on any atom is -0.478 e. The highest BCUT2D eigenvalue weighted by atomic mass is 16.4. The molecule has 0 saturated carbocycles. The number of fused-ring (bicyclic) bond motifs is 1. The normalized spacial score (nSPS) is 19.0. The molecule has 2 aliphatic heterocycles. The SMILES string of the molecule is Cc1c(C(=O)O)cccc1C(=O)N1CC[C@@H](C(=O)N2CCC(O)(Cn3cnc4c(ccn4-c4ccccc4)c3=O)CC2)[C@H](c2ccccc2)C1. The first kappa shape index (κ1) is 33.0. The van der Waals surface area contributed by atoms with E-state index in [1.54, 1.807) is 34.9 Å². The molecule has 0 aliphatic carbocycles. The quantitative estimate of drug-likeness (QED) is 0.260. The number of rotatable bonds is 7. The minimum atomic E-state index is -1.19. The van der Waals surface area contributed by atoms with E-state index in [-0.39, 0.29) is 41.3 Å². The Bertz CT molecular complexity index is 2120. The van der Waals surface area contributed by atoms with Crippen molar-refractivity contribution in [1.82, 2.24) is 23.9 Å². The summed E-state index contributed by atoms with van der Waals surface area (Å²) in [6, 6.07) is 25.8. The number of carboxylic acids is 1. The Kier molecular flexibility index (Phi) is 8.83. The van der Waals surface area contributed by atoms with Gasteiger partial charge in [0, 0.05) is 55.5 Å². The standard InChI is InChI=1S/C39H39N5O6/c1-26-29(13-8-14-30(26)38(48)49)35(45)42-19-15-31(33(23-42)27-9-4-2-5-10-27)36(46)41-21-17-39(50,18-22-41)24-43-25-40-34-32(37(43)47)16-20-44(34)28-11-6-3-7-12-28/h2-14,16,20,25,31,33,50H,15,17-19,21-24H2,1H3,(H,48,49)/t31-,33+/m1/s1. The van der Waals surface area contributed by atoms with Crippen LogP contribution >= 0.6 is 0 Å². The second-order valence-electron chi connectivity index (χ2n) is 13.4. The number of aromatic carboxylic acids is 1. The number of nitrogens with zero attached hydrogens (tertiary/aromatic N) is 5. The number of carbonyl (C=O) groups is 3. The van der Waals surface area contributed by atoms with Crippen molar-refractivity contribution in [2.45, 2.75) is 44.2 Å². The lowest BCUT2D eigenvalue weighted by molar-refractivity contribution is -0.142. The zero-order valence-electron chi connectivity index (χ0n) is 27.8. The molecule has 0 unspecified atom stereocenters. The lowest BCUT2D eigenvalue weighted by Crippen LogP contribution is -2.53. The summed E-state index contributed by atoms with van der Waals surface area (Å²) >= 11 is 0. The summed E-state index contributed by atoms with van der Waals surface area (Å²) < 4.78 is 3.32. The fraction of sp³-hybridized carbons (Fsp3) is 0.308. The third-order valence-electron chi connectivity index (χ3n) is 10.4. The van der Waals surface area contributed by atoms with E-state index in [0.717, 1.165) is 11.3 Å². The summed E-state index contributed by atoms with van der Waals surface area (Å²) in [6.07, 6.45) is 4.37. The van der Waals surface area contributed by atoms with Gasteiger partial charge >= 0.3 is 5.97 Å². The van der Waals surface area contributed by atoms with Gasteiger partial charge in [0.1, 0.15) is 6.33 Å². The van der Waals surface area contributed by atoms with Crippen LogP contribution in [0.1, 0.15) is 57.0 Å². The van der Waals surface area contributed by atoms with Crippen LogP contribution in [0.3, 0.4) is 0 Å². The number of piperidine rings is 2. The van der Waals surface area contributed by atoms with E-state index >= 15 is 0 Å². The molecule has 0 radical (unpaired) electrons. The molecule has 2 aromatic heterocycles. The largest absolute Gasteiger partial charge is 0.478 e. The number of aromatic nitrogens is 3. The van der Waals surface area contributed by atoms with Gasteiger partial charge in [-0.25, -0.2) is 9.78 Å². The van der Waals surface area contributed by atoms with Crippen molar-refractivity contribution in [3.05, 3.63) is 130 Å². The molecule has 11 heteroatoms. The van der Waals surface area contributed by atoms with Crippen LogP contribution in [0.4, 0.5) is 0 Å². The molecule has 0 spiro atoms. The second-order valence-corrected chi connectivity index (χ2v) is 13.4. The number of aliphatic hydroxyl groups is 1. The maximum Gasteiger partial charge on any atom is 0.335 e. The van der Waals surface area contributed by atoms with Crippen molar-refractivity contribution in [2.75, 3.05) is 26.2 Å². The van der Waals surface area contributed by atoms with Crippen molar-refractivity contribution in [2.24, 2.45) is 5.92 Å². The smallest absolute Gasteiger partial charge is 0.335 e. The van der Waals surface area contributed by atoms with E-state index in [2.05, 4.69) is 4.98 Å². The third kappa shape index (κ3) is 6.20. The van der Waals surface area contributed by atoms with Crippen LogP contribution in [-0.4, -0.2) is 83.7 Å². The summed E-state index contributed by atoms with van der Waals surface area (Å²) in [7, 11) is 0. The number of hydrogen-bond acceptors (Lipinski definition) is 6. The van der Waals surface area contributed by atoms with Gasteiger partial charge in [-0.2, -0.15) is 0 Å². The Morgan fingerprint density at radius 3 is 2.24 bits per heavy atom. The maximum absolute atomic E-state index is 14.2. The fourth-order valence-electron chi connectivity index (χ4n) is 7.56. The van der Waals surface area contributed by atoms with E-state index in [4.69, 9.17) is 0 Å². The number of carbonyl (C=O) groups excluding carboxylic acids is 2. The van der Waals surface area contributed by atoms with Gasteiger partial charge in [0.05, 0.1) is 23.1 Å². The highest BCUT2D eigenvalue weighted by Crippen LogP contribution is 2.36. The number of carboxylic acid groups (broad SMARTS) is 1. The summed E-state index contributed by atoms with van der Waals surface area (Å²) in [5.41, 5.74) is 1.85. The fourth-order valence-corrected chi connectivity index (χ4v) is 7.56. The van der Waals surface area contributed by atoms with Crippen LogP contribution in [0.5, 0.6) is 0 Å². The molecule has 11 nitrogen and oxygen atoms in total. The van der Waals surface area contributed by atoms with Gasteiger partial charge in [-0.15, -0.1) is 0 Å².